The van der Waals surface area contributed by atoms with E-state index < -0.39 is 0 Å². The molecule has 2 saturated heterocycles. The van der Waals surface area contributed by atoms with Gasteiger partial charge in [-0.15, -0.1) is 0 Å². The molecule has 0 unspecified atom stereocenters. The summed E-state index contributed by atoms with van der Waals surface area (Å²) in [5, 5.41) is 0. The van der Waals surface area contributed by atoms with Crippen molar-refractivity contribution < 1.29 is 0 Å². The van der Waals surface area contributed by atoms with E-state index in [1.807, 2.05) is 0 Å². The average Bonchev–Trinajstić information content (AvgIpc) is 2.82. The van der Waals surface area contributed by atoms with E-state index in [0.717, 1.165) is 12.8 Å². The molecule has 2 heterocycles. The van der Waals surface area contributed by atoms with Crippen molar-refractivity contribution in [3.05, 3.63) is 59.7 Å². The molecule has 174 valence electrons. The molecule has 4 nitrogen and oxygen atoms in total. The number of hydrogen-bond acceptors (Lipinski definition) is 4. The Morgan fingerprint density at radius 3 is 1.31 bits per heavy atom. The Bertz CT molecular complexity index is 750. The second-order valence-corrected chi connectivity index (χ2v) is 9.81. The van der Waals surface area contributed by atoms with Crippen LogP contribution in [0.15, 0.2) is 48.5 Å². The van der Waals surface area contributed by atoms with Crippen molar-refractivity contribution in [3.8, 4) is 11.1 Å². The lowest BCUT2D eigenvalue weighted by Gasteiger charge is -2.32. The number of likely N-dealkylation sites (N-methyl/N-ethyl adjacent to an activating group) is 2. The van der Waals surface area contributed by atoms with Crippen LogP contribution in [0.2, 0.25) is 0 Å². The van der Waals surface area contributed by atoms with Crippen molar-refractivity contribution in [1.82, 2.24) is 19.6 Å². The summed E-state index contributed by atoms with van der Waals surface area (Å²) in [4.78, 5) is 10.1. The molecule has 0 aromatic heterocycles. The normalized spacial score (nSPS) is 19.4. The lowest BCUT2D eigenvalue weighted by molar-refractivity contribution is 0.153. The summed E-state index contributed by atoms with van der Waals surface area (Å²) in [6.07, 6.45) is 4.81. The third-order valence-corrected chi connectivity index (χ3v) is 7.36. The van der Waals surface area contributed by atoms with E-state index in [2.05, 4.69) is 82.2 Å². The molecule has 4 rings (SSSR count). The van der Waals surface area contributed by atoms with E-state index in [0.29, 0.717) is 0 Å². The molecule has 0 saturated carbocycles. The maximum Gasteiger partial charge on any atom is 0.0110 e. The number of rotatable bonds is 9. The topological polar surface area (TPSA) is 13.0 Å². The van der Waals surface area contributed by atoms with Crippen molar-refractivity contribution in [2.24, 2.45) is 0 Å². The first-order valence-electron chi connectivity index (χ1n) is 12.7. The lowest BCUT2D eigenvalue weighted by atomic mass is 9.91. The van der Waals surface area contributed by atoms with Crippen molar-refractivity contribution in [3.63, 3.8) is 0 Å². The summed E-state index contributed by atoms with van der Waals surface area (Å²) in [6.45, 7) is 12.1. The lowest BCUT2D eigenvalue weighted by Crippen LogP contribution is -2.44. The first-order chi connectivity index (χ1) is 15.7. The molecule has 2 aliphatic heterocycles. The maximum absolute atomic E-state index is 2.63. The third-order valence-electron chi connectivity index (χ3n) is 7.36. The Kier molecular flexibility index (Phi) is 8.75. The molecule has 2 aromatic rings. The Labute approximate surface area is 195 Å². The number of aryl methyl sites for hydroxylation is 2. The fourth-order valence-electron chi connectivity index (χ4n) is 5.13. The first kappa shape index (κ1) is 23.4. The Morgan fingerprint density at radius 2 is 0.906 bits per heavy atom. The second kappa shape index (κ2) is 11.9. The zero-order valence-corrected chi connectivity index (χ0v) is 20.3. The van der Waals surface area contributed by atoms with Crippen LogP contribution in [0.1, 0.15) is 24.0 Å². The number of nitrogens with zero attached hydrogens (tertiary/aromatic N) is 4. The van der Waals surface area contributed by atoms with Crippen LogP contribution in [0.3, 0.4) is 0 Å². The van der Waals surface area contributed by atoms with Crippen molar-refractivity contribution >= 4 is 0 Å². The SMILES string of the molecule is CN1CCN(CCCc2ccccc2-c2ccccc2CCCN2CCN(C)CC2)CC1. The highest BCUT2D eigenvalue weighted by atomic mass is 15.2. The van der Waals surface area contributed by atoms with Crippen molar-refractivity contribution in [2.45, 2.75) is 25.7 Å². The average molecular weight is 435 g/mol. The molecule has 0 spiro atoms. The Hall–Kier alpha value is -1.72. The minimum atomic E-state index is 1.16. The molecule has 0 radical (unpaired) electrons. The van der Waals surface area contributed by atoms with Gasteiger partial charge in [0.15, 0.2) is 0 Å². The highest BCUT2D eigenvalue weighted by Crippen LogP contribution is 2.29. The minimum Gasteiger partial charge on any atom is -0.304 e. The summed E-state index contributed by atoms with van der Waals surface area (Å²) in [6, 6.07) is 18.2. The van der Waals surface area contributed by atoms with Crippen molar-refractivity contribution in [1.29, 1.82) is 0 Å². The standard InChI is InChI=1S/C28H42N4/c1-29-17-21-31(22-18-29)15-7-11-25-9-3-5-13-27(25)28-14-6-4-10-26(28)12-8-16-32-23-19-30(2)20-24-32/h3-6,9-10,13-14H,7-8,11-12,15-24H2,1-2H3. The molecule has 0 N–H and O–H groups in total. The molecular formula is C28H42N4. The summed E-state index contributed by atoms with van der Waals surface area (Å²) >= 11 is 0. The molecule has 0 amide bonds. The van der Waals surface area contributed by atoms with Gasteiger partial charge in [0.25, 0.3) is 0 Å². The van der Waals surface area contributed by atoms with Gasteiger partial charge in [-0.3, -0.25) is 0 Å². The summed E-state index contributed by atoms with van der Waals surface area (Å²) in [7, 11) is 4.46. The van der Waals surface area contributed by atoms with Crippen LogP contribution in [0, 0.1) is 0 Å². The molecule has 2 aliphatic rings. The van der Waals surface area contributed by atoms with Gasteiger partial charge in [0.1, 0.15) is 0 Å². The third kappa shape index (κ3) is 6.64. The molecule has 0 atom stereocenters. The van der Waals surface area contributed by atoms with Crippen LogP contribution < -0.4 is 0 Å². The number of benzene rings is 2. The summed E-state index contributed by atoms with van der Waals surface area (Å²) in [5.41, 5.74) is 5.91. The first-order valence-corrected chi connectivity index (χ1v) is 12.7. The predicted octanol–water partition coefficient (Wildman–Crippen LogP) is 3.71. The zero-order valence-electron chi connectivity index (χ0n) is 20.3. The highest BCUT2D eigenvalue weighted by molar-refractivity contribution is 5.70. The van der Waals surface area contributed by atoms with Crippen LogP contribution in [0.5, 0.6) is 0 Å². The molecule has 32 heavy (non-hydrogen) atoms. The Balaban J connectivity index is 1.35. The zero-order chi connectivity index (χ0) is 22.2. The Morgan fingerprint density at radius 1 is 0.531 bits per heavy atom. The van der Waals surface area contributed by atoms with Gasteiger partial charge < -0.3 is 19.6 Å². The maximum atomic E-state index is 2.63. The van der Waals surface area contributed by atoms with Crippen LogP contribution in [0.4, 0.5) is 0 Å². The molecule has 2 fully saturated rings. The van der Waals surface area contributed by atoms with Gasteiger partial charge >= 0.3 is 0 Å². The van der Waals surface area contributed by atoms with Gasteiger partial charge in [0.05, 0.1) is 0 Å². The fourth-order valence-corrected chi connectivity index (χ4v) is 5.13. The van der Waals surface area contributed by atoms with E-state index >= 15 is 0 Å². The number of hydrogen-bond donors (Lipinski definition) is 0. The van der Waals surface area contributed by atoms with Gasteiger partial charge in [0.2, 0.25) is 0 Å². The van der Waals surface area contributed by atoms with Gasteiger partial charge in [-0.2, -0.15) is 0 Å². The molecular weight excluding hydrogens is 392 g/mol. The predicted molar refractivity (Wildman–Crippen MR) is 136 cm³/mol. The summed E-state index contributed by atoms with van der Waals surface area (Å²) in [5.74, 6) is 0. The van der Waals surface area contributed by atoms with E-state index in [1.54, 1.807) is 0 Å². The van der Waals surface area contributed by atoms with E-state index in [9.17, 15) is 0 Å². The second-order valence-electron chi connectivity index (χ2n) is 9.81. The molecule has 0 bridgehead atoms. The van der Waals surface area contributed by atoms with Gasteiger partial charge in [0, 0.05) is 52.4 Å². The van der Waals surface area contributed by atoms with Crippen LogP contribution in [-0.4, -0.2) is 99.1 Å². The monoisotopic (exact) mass is 434 g/mol. The molecule has 4 heteroatoms. The van der Waals surface area contributed by atoms with Gasteiger partial charge in [-0.05, 0) is 75.1 Å². The number of piperazine rings is 2. The molecule has 2 aromatic carbocycles. The highest BCUT2D eigenvalue weighted by Gasteiger charge is 2.15. The van der Waals surface area contributed by atoms with Gasteiger partial charge in [-0.1, -0.05) is 48.5 Å². The van der Waals surface area contributed by atoms with E-state index in [1.165, 1.54) is 101 Å². The van der Waals surface area contributed by atoms with Crippen LogP contribution in [0.25, 0.3) is 11.1 Å². The fraction of sp³-hybridized carbons (Fsp3) is 0.571. The van der Waals surface area contributed by atoms with E-state index in [4.69, 9.17) is 0 Å². The van der Waals surface area contributed by atoms with E-state index in [-0.39, 0.29) is 0 Å². The quantitative estimate of drug-likeness (QED) is 0.596. The smallest absolute Gasteiger partial charge is 0.0110 e. The minimum absolute atomic E-state index is 1.16. The van der Waals surface area contributed by atoms with Crippen molar-refractivity contribution in [2.75, 3.05) is 79.5 Å². The van der Waals surface area contributed by atoms with Crippen LogP contribution >= 0.6 is 0 Å². The van der Waals surface area contributed by atoms with Gasteiger partial charge in [-0.25, -0.2) is 0 Å². The van der Waals surface area contributed by atoms with Crippen LogP contribution in [-0.2, 0) is 12.8 Å². The molecule has 0 aliphatic carbocycles. The summed E-state index contributed by atoms with van der Waals surface area (Å²) < 4.78 is 0. The largest absolute Gasteiger partial charge is 0.304 e.